The summed E-state index contributed by atoms with van der Waals surface area (Å²) in [5.74, 6) is 0. The summed E-state index contributed by atoms with van der Waals surface area (Å²) in [4.78, 5) is 9.95. The first kappa shape index (κ1) is 9.19. The van der Waals surface area contributed by atoms with Crippen LogP contribution in [-0.2, 0) is 0 Å². The highest BCUT2D eigenvalue weighted by Gasteiger charge is 2.15. The van der Waals surface area contributed by atoms with Gasteiger partial charge >= 0.3 is 0 Å². The Morgan fingerprint density at radius 2 is 2.25 bits per heavy atom. The molecule has 1 unspecified atom stereocenters. The number of hydrogen-bond donors (Lipinski definition) is 0. The predicted octanol–water partition coefficient (Wildman–Crippen LogP) is 2.43. The molecule has 4 heteroatoms. The third-order valence-electron chi connectivity index (χ3n) is 1.48. The van der Waals surface area contributed by atoms with Gasteiger partial charge in [-0.05, 0) is 6.92 Å². The van der Waals surface area contributed by atoms with E-state index in [-0.39, 0.29) is 10.0 Å². The van der Waals surface area contributed by atoms with Crippen molar-refractivity contribution in [3.05, 3.63) is 46.2 Å². The standard InChI is InChI=1S/C8H8BrNO2/c1-8(9)5-2-3-7(4-6-8)10(11)12/h2-6H,1H3. The van der Waals surface area contributed by atoms with Crippen LogP contribution in [0, 0.1) is 10.1 Å². The summed E-state index contributed by atoms with van der Waals surface area (Å²) in [5, 5.41) is 10.4. The Kier molecular flexibility index (Phi) is 2.47. The van der Waals surface area contributed by atoms with E-state index < -0.39 is 4.92 Å². The smallest absolute Gasteiger partial charge is 0.258 e. The van der Waals surface area contributed by atoms with Crippen LogP contribution in [0.15, 0.2) is 36.1 Å². The first-order valence-corrected chi connectivity index (χ1v) is 4.23. The molecule has 1 aliphatic carbocycles. The first-order chi connectivity index (χ1) is 5.51. The SMILES string of the molecule is CC1(Br)C=CC=C([N+](=O)[O-])C=C1. The van der Waals surface area contributed by atoms with Crippen LogP contribution in [0.3, 0.4) is 0 Å². The van der Waals surface area contributed by atoms with Crippen molar-refractivity contribution in [2.75, 3.05) is 0 Å². The molecule has 0 spiro atoms. The molecule has 0 aliphatic heterocycles. The van der Waals surface area contributed by atoms with E-state index in [0.29, 0.717) is 0 Å². The molecule has 0 radical (unpaired) electrons. The maximum atomic E-state index is 10.4. The van der Waals surface area contributed by atoms with Gasteiger partial charge in [0.05, 0.1) is 9.25 Å². The molecule has 64 valence electrons. The van der Waals surface area contributed by atoms with Gasteiger partial charge in [-0.25, -0.2) is 0 Å². The zero-order valence-electron chi connectivity index (χ0n) is 6.53. The normalized spacial score (nSPS) is 28.0. The molecule has 1 rings (SSSR count). The summed E-state index contributed by atoms with van der Waals surface area (Å²) in [6.45, 7) is 1.91. The minimum Gasteiger partial charge on any atom is -0.258 e. The van der Waals surface area contributed by atoms with Crippen molar-refractivity contribution < 1.29 is 4.92 Å². The highest BCUT2D eigenvalue weighted by molar-refractivity contribution is 9.10. The van der Waals surface area contributed by atoms with Crippen LogP contribution in [-0.4, -0.2) is 9.25 Å². The zero-order chi connectivity index (χ0) is 9.19. The monoisotopic (exact) mass is 229 g/mol. The average molecular weight is 230 g/mol. The molecule has 0 aromatic heterocycles. The average Bonchev–Trinajstić information content (AvgIpc) is 2.10. The minimum absolute atomic E-state index is 0.106. The number of halogens is 1. The van der Waals surface area contributed by atoms with Gasteiger partial charge in [0.15, 0.2) is 0 Å². The summed E-state index contributed by atoms with van der Waals surface area (Å²) in [6, 6.07) is 0. The van der Waals surface area contributed by atoms with E-state index in [9.17, 15) is 10.1 Å². The third kappa shape index (κ3) is 2.30. The fraction of sp³-hybridized carbons (Fsp3) is 0.250. The minimum atomic E-state index is -0.407. The van der Waals surface area contributed by atoms with E-state index in [1.165, 1.54) is 12.2 Å². The lowest BCUT2D eigenvalue weighted by Gasteiger charge is -2.09. The molecule has 0 aromatic carbocycles. The summed E-state index contributed by atoms with van der Waals surface area (Å²) in [5.41, 5.74) is 0.106. The van der Waals surface area contributed by atoms with Gasteiger partial charge in [0.25, 0.3) is 5.70 Å². The van der Waals surface area contributed by atoms with Gasteiger partial charge < -0.3 is 0 Å². The summed E-state index contributed by atoms with van der Waals surface area (Å²) < 4.78 is -0.277. The summed E-state index contributed by atoms with van der Waals surface area (Å²) >= 11 is 3.39. The molecule has 1 atom stereocenters. The van der Waals surface area contributed by atoms with Crippen molar-refractivity contribution in [2.24, 2.45) is 0 Å². The lowest BCUT2D eigenvalue weighted by Crippen LogP contribution is -2.05. The van der Waals surface area contributed by atoms with Crippen LogP contribution in [0.2, 0.25) is 0 Å². The van der Waals surface area contributed by atoms with Crippen molar-refractivity contribution in [1.29, 1.82) is 0 Å². The number of hydrogen-bond acceptors (Lipinski definition) is 2. The Morgan fingerprint density at radius 3 is 2.83 bits per heavy atom. The molecular weight excluding hydrogens is 222 g/mol. The molecule has 0 saturated carbocycles. The van der Waals surface area contributed by atoms with Gasteiger partial charge in [0.1, 0.15) is 0 Å². The van der Waals surface area contributed by atoms with E-state index in [0.717, 1.165) is 0 Å². The quantitative estimate of drug-likeness (QED) is 0.394. The molecule has 0 aromatic rings. The summed E-state index contributed by atoms with van der Waals surface area (Å²) in [7, 11) is 0. The predicted molar refractivity (Wildman–Crippen MR) is 50.7 cm³/mol. The van der Waals surface area contributed by atoms with Crippen molar-refractivity contribution in [3.8, 4) is 0 Å². The fourth-order valence-electron chi connectivity index (χ4n) is 0.816. The van der Waals surface area contributed by atoms with E-state index in [4.69, 9.17) is 0 Å². The highest BCUT2D eigenvalue weighted by Crippen LogP contribution is 2.23. The van der Waals surface area contributed by atoms with Crippen LogP contribution < -0.4 is 0 Å². The molecular formula is C8H8BrNO2. The van der Waals surface area contributed by atoms with E-state index in [2.05, 4.69) is 15.9 Å². The van der Waals surface area contributed by atoms with Crippen molar-refractivity contribution in [2.45, 2.75) is 11.2 Å². The molecule has 0 saturated heterocycles. The van der Waals surface area contributed by atoms with Crippen molar-refractivity contribution in [3.63, 3.8) is 0 Å². The van der Waals surface area contributed by atoms with Gasteiger partial charge in [-0.2, -0.15) is 0 Å². The van der Waals surface area contributed by atoms with Crippen LogP contribution >= 0.6 is 15.9 Å². The van der Waals surface area contributed by atoms with Gasteiger partial charge in [-0.1, -0.05) is 34.2 Å². The molecule has 0 heterocycles. The Bertz CT molecular complexity index is 289. The second kappa shape index (κ2) is 3.23. The first-order valence-electron chi connectivity index (χ1n) is 3.43. The van der Waals surface area contributed by atoms with Crippen LogP contribution in [0.4, 0.5) is 0 Å². The molecule has 0 fully saturated rings. The van der Waals surface area contributed by atoms with E-state index in [1.807, 2.05) is 13.0 Å². The van der Waals surface area contributed by atoms with Crippen LogP contribution in [0.1, 0.15) is 6.92 Å². The second-order valence-corrected chi connectivity index (χ2v) is 4.40. The lowest BCUT2D eigenvalue weighted by atomic mass is 10.1. The Morgan fingerprint density at radius 1 is 1.58 bits per heavy atom. The molecule has 0 N–H and O–H groups in total. The molecule has 12 heavy (non-hydrogen) atoms. The number of nitro groups is 1. The van der Waals surface area contributed by atoms with Gasteiger partial charge in [0.2, 0.25) is 0 Å². The third-order valence-corrected chi connectivity index (χ3v) is 2.01. The largest absolute Gasteiger partial charge is 0.269 e. The Balaban J connectivity index is 2.94. The second-order valence-electron chi connectivity index (χ2n) is 2.69. The van der Waals surface area contributed by atoms with E-state index >= 15 is 0 Å². The fourth-order valence-corrected chi connectivity index (χ4v) is 1.10. The van der Waals surface area contributed by atoms with Crippen molar-refractivity contribution in [1.82, 2.24) is 0 Å². The molecule has 3 nitrogen and oxygen atoms in total. The number of nitrogens with zero attached hydrogens (tertiary/aromatic N) is 1. The zero-order valence-corrected chi connectivity index (χ0v) is 8.11. The Labute approximate surface area is 78.7 Å². The van der Waals surface area contributed by atoms with Gasteiger partial charge in [-0.3, -0.25) is 10.1 Å². The van der Waals surface area contributed by atoms with Crippen LogP contribution in [0.25, 0.3) is 0 Å². The highest BCUT2D eigenvalue weighted by atomic mass is 79.9. The van der Waals surface area contributed by atoms with Crippen LogP contribution in [0.5, 0.6) is 0 Å². The Hall–Kier alpha value is -0.900. The topological polar surface area (TPSA) is 43.1 Å². The maximum Gasteiger partial charge on any atom is 0.269 e. The number of rotatable bonds is 1. The number of allylic oxidation sites excluding steroid dienone is 5. The molecule has 1 aliphatic rings. The van der Waals surface area contributed by atoms with Gasteiger partial charge in [0, 0.05) is 12.2 Å². The van der Waals surface area contributed by atoms with E-state index in [1.54, 1.807) is 12.2 Å². The van der Waals surface area contributed by atoms with Gasteiger partial charge in [-0.15, -0.1) is 0 Å². The lowest BCUT2D eigenvalue weighted by molar-refractivity contribution is -0.419. The summed E-state index contributed by atoms with van der Waals surface area (Å²) in [6.07, 6.45) is 8.23. The number of alkyl halides is 1. The molecule has 0 bridgehead atoms. The van der Waals surface area contributed by atoms with Crippen molar-refractivity contribution >= 4 is 15.9 Å². The molecule has 0 amide bonds. The maximum absolute atomic E-state index is 10.4.